The molecule has 158 valence electrons. The van der Waals surface area contributed by atoms with E-state index in [-0.39, 0.29) is 19.8 Å². The summed E-state index contributed by atoms with van der Waals surface area (Å²) in [6.07, 6.45) is -1.44. The standard InChI is InChI=1S/C15H29N3O6S3/c1-2-15(9-22-12(19)16-3-6-25,10-23-13(20)17-4-7-26)11-24-14(21)18-5-8-27/h25-27H,2-11H2,1H3,(H,16,19)(H,17,20)(H,18,21). The second kappa shape index (κ2) is 15.9. The van der Waals surface area contributed by atoms with Gasteiger partial charge in [0.25, 0.3) is 0 Å². The Hall–Kier alpha value is -1.14. The molecular weight excluding hydrogens is 414 g/mol. The van der Waals surface area contributed by atoms with Crippen LogP contribution in [-0.2, 0) is 14.2 Å². The number of hydrogen-bond donors (Lipinski definition) is 6. The molecule has 3 amide bonds. The Balaban J connectivity index is 4.82. The maximum absolute atomic E-state index is 11.7. The van der Waals surface area contributed by atoms with Gasteiger partial charge in [-0.25, -0.2) is 14.4 Å². The average molecular weight is 444 g/mol. The summed E-state index contributed by atoms with van der Waals surface area (Å²) in [5.41, 5.74) is -0.880. The Morgan fingerprint density at radius 3 is 1.22 bits per heavy atom. The summed E-state index contributed by atoms with van der Waals surface area (Å²) in [6, 6.07) is 0. The van der Waals surface area contributed by atoms with E-state index in [2.05, 4.69) is 53.8 Å². The van der Waals surface area contributed by atoms with Gasteiger partial charge in [0.05, 0.1) is 5.41 Å². The Kier molecular flexibility index (Phi) is 15.2. The van der Waals surface area contributed by atoms with Crippen LogP contribution in [0.2, 0.25) is 0 Å². The predicted molar refractivity (Wildman–Crippen MR) is 112 cm³/mol. The van der Waals surface area contributed by atoms with Crippen molar-refractivity contribution >= 4 is 56.2 Å². The van der Waals surface area contributed by atoms with Gasteiger partial charge in [-0.15, -0.1) is 0 Å². The molecule has 0 saturated heterocycles. The van der Waals surface area contributed by atoms with Gasteiger partial charge in [-0.2, -0.15) is 37.9 Å². The van der Waals surface area contributed by atoms with Crippen molar-refractivity contribution in [2.24, 2.45) is 5.41 Å². The molecule has 0 heterocycles. The zero-order valence-corrected chi connectivity index (χ0v) is 18.0. The van der Waals surface area contributed by atoms with E-state index < -0.39 is 23.7 Å². The molecule has 0 aliphatic heterocycles. The maximum atomic E-state index is 11.7. The van der Waals surface area contributed by atoms with Gasteiger partial charge in [-0.05, 0) is 6.42 Å². The zero-order valence-electron chi connectivity index (χ0n) is 15.4. The van der Waals surface area contributed by atoms with Crippen molar-refractivity contribution in [3.63, 3.8) is 0 Å². The molecule has 0 saturated carbocycles. The van der Waals surface area contributed by atoms with E-state index in [1.807, 2.05) is 6.92 Å². The highest BCUT2D eigenvalue weighted by Gasteiger charge is 2.34. The van der Waals surface area contributed by atoms with Crippen LogP contribution in [0.15, 0.2) is 0 Å². The molecule has 0 spiro atoms. The summed E-state index contributed by atoms with van der Waals surface area (Å²) in [4.78, 5) is 35.1. The van der Waals surface area contributed by atoms with Crippen molar-refractivity contribution in [3.8, 4) is 0 Å². The Labute approximate surface area is 176 Å². The average Bonchev–Trinajstić information content (AvgIpc) is 2.68. The second-order valence-electron chi connectivity index (χ2n) is 5.53. The molecule has 0 radical (unpaired) electrons. The molecular formula is C15H29N3O6S3. The first-order chi connectivity index (χ1) is 12.9. The van der Waals surface area contributed by atoms with Gasteiger partial charge in [0.15, 0.2) is 0 Å². The molecule has 0 atom stereocenters. The fraction of sp³-hybridized carbons (Fsp3) is 0.800. The molecule has 9 nitrogen and oxygen atoms in total. The van der Waals surface area contributed by atoms with Crippen molar-refractivity contribution < 1.29 is 28.6 Å². The summed E-state index contributed by atoms with van der Waals surface area (Å²) in [7, 11) is 0. The van der Waals surface area contributed by atoms with Crippen LogP contribution >= 0.6 is 37.9 Å². The number of ether oxygens (including phenoxy) is 3. The number of rotatable bonds is 13. The van der Waals surface area contributed by atoms with Crippen molar-refractivity contribution in [3.05, 3.63) is 0 Å². The first kappa shape index (κ1) is 25.9. The van der Waals surface area contributed by atoms with E-state index in [9.17, 15) is 14.4 Å². The third-order valence-electron chi connectivity index (χ3n) is 3.42. The van der Waals surface area contributed by atoms with Gasteiger partial charge in [-0.1, -0.05) is 6.92 Å². The number of carbonyl (C=O) groups is 3. The monoisotopic (exact) mass is 443 g/mol. The molecule has 0 rings (SSSR count). The third-order valence-corrected chi connectivity index (χ3v) is 4.09. The number of alkyl carbamates (subject to hydrolysis) is 3. The highest BCUT2D eigenvalue weighted by Crippen LogP contribution is 2.24. The third kappa shape index (κ3) is 12.8. The topological polar surface area (TPSA) is 115 Å². The first-order valence-electron chi connectivity index (χ1n) is 8.47. The van der Waals surface area contributed by atoms with Crippen LogP contribution in [0.3, 0.4) is 0 Å². The van der Waals surface area contributed by atoms with Crippen molar-refractivity contribution in [2.75, 3.05) is 56.7 Å². The van der Waals surface area contributed by atoms with Crippen molar-refractivity contribution in [2.45, 2.75) is 13.3 Å². The zero-order chi connectivity index (χ0) is 20.5. The van der Waals surface area contributed by atoms with E-state index >= 15 is 0 Å². The van der Waals surface area contributed by atoms with E-state index in [4.69, 9.17) is 14.2 Å². The molecule has 0 aromatic rings. The number of hydrogen-bond acceptors (Lipinski definition) is 9. The summed E-state index contributed by atoms with van der Waals surface area (Å²) in [6.45, 7) is 2.59. The first-order valence-corrected chi connectivity index (χ1v) is 10.4. The van der Waals surface area contributed by atoms with E-state index in [0.717, 1.165) is 0 Å². The lowest BCUT2D eigenvalue weighted by Gasteiger charge is -2.31. The largest absolute Gasteiger partial charge is 0.449 e. The maximum Gasteiger partial charge on any atom is 0.407 e. The summed E-state index contributed by atoms with van der Waals surface area (Å²) in [5, 5.41) is 7.56. The summed E-state index contributed by atoms with van der Waals surface area (Å²) in [5.74, 6) is 1.41. The molecule has 0 aliphatic carbocycles. The molecule has 0 aliphatic rings. The molecule has 0 bridgehead atoms. The highest BCUT2D eigenvalue weighted by atomic mass is 32.1. The summed E-state index contributed by atoms with van der Waals surface area (Å²) < 4.78 is 15.6. The molecule has 27 heavy (non-hydrogen) atoms. The van der Waals surface area contributed by atoms with Gasteiger partial charge >= 0.3 is 18.3 Å². The number of carbonyl (C=O) groups excluding carboxylic acids is 3. The highest BCUT2D eigenvalue weighted by molar-refractivity contribution is 7.80. The summed E-state index contributed by atoms with van der Waals surface area (Å²) >= 11 is 12.0. The van der Waals surface area contributed by atoms with Gasteiger partial charge in [0.1, 0.15) is 19.8 Å². The Morgan fingerprint density at radius 1 is 0.704 bits per heavy atom. The fourth-order valence-electron chi connectivity index (χ4n) is 1.71. The van der Waals surface area contributed by atoms with E-state index in [1.54, 1.807) is 0 Å². The van der Waals surface area contributed by atoms with Crippen LogP contribution in [0, 0.1) is 5.41 Å². The van der Waals surface area contributed by atoms with Crippen LogP contribution in [0.1, 0.15) is 13.3 Å². The van der Waals surface area contributed by atoms with E-state index in [0.29, 0.717) is 43.3 Å². The van der Waals surface area contributed by atoms with Gasteiger partial charge < -0.3 is 30.2 Å². The van der Waals surface area contributed by atoms with E-state index in [1.165, 1.54) is 0 Å². The normalized spacial score (nSPS) is 10.7. The minimum absolute atomic E-state index is 0.0956. The minimum atomic E-state index is -0.880. The molecule has 0 unspecified atom stereocenters. The van der Waals surface area contributed by atoms with Crippen molar-refractivity contribution in [1.82, 2.24) is 16.0 Å². The lowest BCUT2D eigenvalue weighted by Crippen LogP contribution is -2.42. The molecule has 3 N–H and O–H groups in total. The van der Waals surface area contributed by atoms with Gasteiger partial charge in [-0.3, -0.25) is 0 Å². The van der Waals surface area contributed by atoms with Gasteiger partial charge in [0, 0.05) is 36.9 Å². The second-order valence-corrected chi connectivity index (χ2v) is 6.87. The Bertz CT molecular complexity index is 397. The van der Waals surface area contributed by atoms with Crippen LogP contribution in [0.5, 0.6) is 0 Å². The minimum Gasteiger partial charge on any atom is -0.449 e. The number of thiol groups is 3. The number of nitrogens with one attached hydrogen (secondary N) is 3. The lowest BCUT2D eigenvalue weighted by molar-refractivity contribution is -0.0172. The Morgan fingerprint density at radius 2 is 1.00 bits per heavy atom. The van der Waals surface area contributed by atoms with Gasteiger partial charge in [0.2, 0.25) is 0 Å². The quantitative estimate of drug-likeness (QED) is 0.189. The molecule has 0 aromatic heterocycles. The molecule has 12 heteroatoms. The number of amides is 3. The molecule has 0 aromatic carbocycles. The van der Waals surface area contributed by atoms with Crippen LogP contribution in [0.25, 0.3) is 0 Å². The fourth-order valence-corrected chi connectivity index (χ4v) is 2.05. The SMILES string of the molecule is CCC(COC(=O)NCCS)(COC(=O)NCCS)COC(=O)NCCS. The predicted octanol–water partition coefficient (Wildman–Crippen LogP) is 1.35. The smallest absolute Gasteiger partial charge is 0.407 e. The van der Waals surface area contributed by atoms with Crippen molar-refractivity contribution in [1.29, 1.82) is 0 Å². The molecule has 0 fully saturated rings. The lowest BCUT2D eigenvalue weighted by atomic mass is 9.88. The van der Waals surface area contributed by atoms with Crippen LogP contribution in [0.4, 0.5) is 14.4 Å². The van der Waals surface area contributed by atoms with Crippen LogP contribution < -0.4 is 16.0 Å². The van der Waals surface area contributed by atoms with Crippen LogP contribution in [-0.4, -0.2) is 75.0 Å².